The molecule has 0 aromatic carbocycles. The average molecular weight is 311 g/mol. The molecule has 1 aliphatic carbocycles. The first kappa shape index (κ1) is 15.9. The summed E-state index contributed by atoms with van der Waals surface area (Å²) in [7, 11) is 0. The Labute approximate surface area is 128 Å². The van der Waals surface area contributed by atoms with Gasteiger partial charge in [-0.2, -0.15) is 0 Å². The third-order valence-electron chi connectivity index (χ3n) is 3.77. The Morgan fingerprint density at radius 1 is 1.19 bits per heavy atom. The molecule has 116 valence electrons. The minimum atomic E-state index is -0.976. The predicted molar refractivity (Wildman–Crippen MR) is 80.3 cm³/mol. The van der Waals surface area contributed by atoms with E-state index in [0.29, 0.717) is 5.13 Å². The molecule has 0 saturated heterocycles. The fraction of sp³-hybridized carbons (Fsp3) is 0.714. The van der Waals surface area contributed by atoms with Crippen LogP contribution in [0.25, 0.3) is 0 Å². The molecule has 0 spiro atoms. The molecule has 21 heavy (non-hydrogen) atoms. The first-order valence-corrected chi connectivity index (χ1v) is 8.29. The summed E-state index contributed by atoms with van der Waals surface area (Å²) in [5.41, 5.74) is 0. The van der Waals surface area contributed by atoms with Crippen LogP contribution >= 0.6 is 11.3 Å². The molecule has 1 amide bonds. The van der Waals surface area contributed by atoms with Crippen LogP contribution in [0.15, 0.2) is 0 Å². The number of aryl methyl sites for hydroxylation is 1. The van der Waals surface area contributed by atoms with Gasteiger partial charge in [-0.3, -0.25) is 9.59 Å². The zero-order valence-corrected chi connectivity index (χ0v) is 12.8. The van der Waals surface area contributed by atoms with Gasteiger partial charge < -0.3 is 10.4 Å². The molecule has 1 aromatic heterocycles. The minimum Gasteiger partial charge on any atom is -0.481 e. The van der Waals surface area contributed by atoms with Crippen molar-refractivity contribution in [2.75, 3.05) is 5.32 Å². The van der Waals surface area contributed by atoms with Crippen molar-refractivity contribution in [3.8, 4) is 0 Å². The van der Waals surface area contributed by atoms with Crippen LogP contribution in [0, 0.1) is 5.92 Å². The molecule has 0 atom stereocenters. The van der Waals surface area contributed by atoms with Gasteiger partial charge in [0.2, 0.25) is 11.0 Å². The molecule has 0 unspecified atom stereocenters. The summed E-state index contributed by atoms with van der Waals surface area (Å²) >= 11 is 1.38. The maximum atomic E-state index is 11.5. The number of anilines is 1. The van der Waals surface area contributed by atoms with E-state index in [9.17, 15) is 9.59 Å². The van der Waals surface area contributed by atoms with Gasteiger partial charge in [0.25, 0.3) is 0 Å². The molecule has 1 saturated carbocycles. The second-order valence-corrected chi connectivity index (χ2v) is 6.55. The molecule has 1 aliphatic rings. The largest absolute Gasteiger partial charge is 0.481 e. The molecule has 2 rings (SSSR count). The van der Waals surface area contributed by atoms with Gasteiger partial charge >= 0.3 is 5.97 Å². The van der Waals surface area contributed by atoms with Crippen molar-refractivity contribution in [2.45, 2.75) is 57.8 Å². The third kappa shape index (κ3) is 5.79. The smallest absolute Gasteiger partial charge is 0.303 e. The van der Waals surface area contributed by atoms with E-state index in [1.807, 2.05) is 0 Å². The topological polar surface area (TPSA) is 92.2 Å². The van der Waals surface area contributed by atoms with E-state index in [1.165, 1.54) is 43.4 Å². The Hall–Kier alpha value is -1.50. The van der Waals surface area contributed by atoms with E-state index in [-0.39, 0.29) is 18.7 Å². The fourth-order valence-electron chi connectivity index (χ4n) is 2.61. The Morgan fingerprint density at radius 2 is 1.95 bits per heavy atom. The quantitative estimate of drug-likeness (QED) is 0.807. The average Bonchev–Trinajstić information content (AvgIpc) is 2.91. The lowest BCUT2D eigenvalue weighted by Crippen LogP contribution is -2.12. The highest BCUT2D eigenvalue weighted by atomic mass is 32.1. The lowest BCUT2D eigenvalue weighted by atomic mass is 9.86. The number of aliphatic carboxylic acids is 1. The summed E-state index contributed by atoms with van der Waals surface area (Å²) in [5, 5.41) is 20.5. The number of rotatable bonds is 7. The van der Waals surface area contributed by atoms with Crippen molar-refractivity contribution < 1.29 is 14.7 Å². The summed E-state index contributed by atoms with van der Waals surface area (Å²) in [4.78, 5) is 21.9. The van der Waals surface area contributed by atoms with Crippen LogP contribution in [0.5, 0.6) is 0 Å². The van der Waals surface area contributed by atoms with Crippen molar-refractivity contribution in [1.29, 1.82) is 0 Å². The molecule has 6 nitrogen and oxygen atoms in total. The molecule has 0 radical (unpaired) electrons. The lowest BCUT2D eigenvalue weighted by Gasteiger charge is -2.20. The van der Waals surface area contributed by atoms with E-state index in [2.05, 4.69) is 15.5 Å². The predicted octanol–water partition coefficient (Wildman–Crippen LogP) is 2.85. The minimum absolute atomic E-state index is 0.0354. The van der Waals surface area contributed by atoms with Crippen LogP contribution in [-0.4, -0.2) is 27.2 Å². The number of amides is 1. The number of aromatic nitrogens is 2. The molecule has 0 aliphatic heterocycles. The van der Waals surface area contributed by atoms with Gasteiger partial charge in [-0.15, -0.1) is 10.2 Å². The highest BCUT2D eigenvalue weighted by molar-refractivity contribution is 7.15. The molecule has 1 aromatic rings. The summed E-state index contributed by atoms with van der Waals surface area (Å²) in [5.74, 6) is -0.501. The van der Waals surface area contributed by atoms with Gasteiger partial charge in [0.05, 0.1) is 6.42 Å². The molecule has 7 heteroatoms. The van der Waals surface area contributed by atoms with E-state index in [1.54, 1.807) is 0 Å². The lowest BCUT2D eigenvalue weighted by molar-refractivity contribution is -0.138. The Bertz CT molecular complexity index is 484. The zero-order chi connectivity index (χ0) is 15.1. The van der Waals surface area contributed by atoms with E-state index >= 15 is 0 Å². The summed E-state index contributed by atoms with van der Waals surface area (Å²) in [6.45, 7) is 0. The second-order valence-electron chi connectivity index (χ2n) is 5.49. The molecule has 0 bridgehead atoms. The standard InChI is InChI=1S/C14H21N3O3S/c18-11(7-9-13(19)20)15-14-17-16-12(21-14)8-6-10-4-2-1-3-5-10/h10H,1-9H2,(H,19,20)(H,15,17,18). The number of carbonyl (C=O) groups is 2. The monoisotopic (exact) mass is 311 g/mol. The van der Waals surface area contributed by atoms with Crippen LogP contribution in [0.2, 0.25) is 0 Å². The van der Waals surface area contributed by atoms with Crippen molar-refractivity contribution in [2.24, 2.45) is 5.92 Å². The van der Waals surface area contributed by atoms with Gasteiger partial charge in [0, 0.05) is 12.8 Å². The molecule has 1 heterocycles. The number of hydrogen-bond acceptors (Lipinski definition) is 5. The molecule has 1 fully saturated rings. The summed E-state index contributed by atoms with van der Waals surface area (Å²) < 4.78 is 0. The SMILES string of the molecule is O=C(O)CCC(=O)Nc1nnc(CCC2CCCCC2)s1. The number of carboxylic acid groups (broad SMARTS) is 1. The van der Waals surface area contributed by atoms with E-state index < -0.39 is 5.97 Å². The van der Waals surface area contributed by atoms with Gasteiger partial charge in [-0.25, -0.2) is 0 Å². The molecule has 2 N–H and O–H groups in total. The molecular weight excluding hydrogens is 290 g/mol. The van der Waals surface area contributed by atoms with E-state index in [4.69, 9.17) is 5.11 Å². The fourth-order valence-corrected chi connectivity index (χ4v) is 3.38. The van der Waals surface area contributed by atoms with Crippen molar-refractivity contribution in [1.82, 2.24) is 10.2 Å². The van der Waals surface area contributed by atoms with Crippen LogP contribution < -0.4 is 5.32 Å². The van der Waals surface area contributed by atoms with Crippen molar-refractivity contribution >= 4 is 28.3 Å². The number of carboxylic acids is 1. The van der Waals surface area contributed by atoms with E-state index in [0.717, 1.165) is 23.8 Å². The maximum absolute atomic E-state index is 11.5. The maximum Gasteiger partial charge on any atom is 0.303 e. The normalized spacial score (nSPS) is 15.8. The number of nitrogens with one attached hydrogen (secondary N) is 1. The van der Waals surface area contributed by atoms with Crippen LogP contribution in [0.4, 0.5) is 5.13 Å². The van der Waals surface area contributed by atoms with Crippen LogP contribution in [0.3, 0.4) is 0 Å². The number of carbonyl (C=O) groups excluding carboxylic acids is 1. The van der Waals surface area contributed by atoms with Gasteiger partial charge in [-0.05, 0) is 12.3 Å². The Kier molecular flexibility index (Phi) is 6.10. The zero-order valence-electron chi connectivity index (χ0n) is 12.0. The van der Waals surface area contributed by atoms with Gasteiger partial charge in [0.1, 0.15) is 5.01 Å². The Balaban J connectivity index is 1.72. The Morgan fingerprint density at radius 3 is 2.67 bits per heavy atom. The van der Waals surface area contributed by atoms with Crippen molar-refractivity contribution in [3.05, 3.63) is 5.01 Å². The highest BCUT2D eigenvalue weighted by Crippen LogP contribution is 2.28. The van der Waals surface area contributed by atoms with Gasteiger partial charge in [-0.1, -0.05) is 43.4 Å². The van der Waals surface area contributed by atoms with Crippen LogP contribution in [-0.2, 0) is 16.0 Å². The number of nitrogens with zero attached hydrogens (tertiary/aromatic N) is 2. The summed E-state index contributed by atoms with van der Waals surface area (Å²) in [6.07, 6.45) is 8.52. The molecular formula is C14H21N3O3S. The number of hydrogen-bond donors (Lipinski definition) is 2. The third-order valence-corrected chi connectivity index (χ3v) is 4.67. The highest BCUT2D eigenvalue weighted by Gasteiger charge is 2.15. The van der Waals surface area contributed by atoms with Crippen LogP contribution in [0.1, 0.15) is 56.4 Å². The first-order valence-electron chi connectivity index (χ1n) is 7.47. The van der Waals surface area contributed by atoms with Gasteiger partial charge in [0.15, 0.2) is 0 Å². The van der Waals surface area contributed by atoms with Crippen molar-refractivity contribution in [3.63, 3.8) is 0 Å². The summed E-state index contributed by atoms with van der Waals surface area (Å²) in [6, 6.07) is 0. The second kappa shape index (κ2) is 8.07. The first-order chi connectivity index (χ1) is 10.1.